The van der Waals surface area contributed by atoms with Crippen LogP contribution in [0.2, 0.25) is 0 Å². The smallest absolute Gasteiger partial charge is 0.272 e. The predicted octanol–water partition coefficient (Wildman–Crippen LogP) is 1.79. The number of aromatic amines is 1. The number of rotatable bonds is 4. The molecule has 2 aromatic heterocycles. The van der Waals surface area contributed by atoms with Crippen molar-refractivity contribution in [2.75, 3.05) is 0 Å². The molecule has 1 fully saturated rings. The maximum absolute atomic E-state index is 12.0. The molecule has 1 saturated carbocycles. The van der Waals surface area contributed by atoms with Crippen molar-refractivity contribution in [2.45, 2.75) is 31.7 Å². The van der Waals surface area contributed by atoms with Gasteiger partial charge in [0.1, 0.15) is 5.69 Å². The molecule has 0 aromatic carbocycles. The van der Waals surface area contributed by atoms with E-state index < -0.39 is 0 Å². The minimum atomic E-state index is -0.157. The van der Waals surface area contributed by atoms with Gasteiger partial charge in [-0.1, -0.05) is 13.0 Å². The van der Waals surface area contributed by atoms with Crippen LogP contribution in [0.5, 0.6) is 0 Å². The van der Waals surface area contributed by atoms with Crippen molar-refractivity contribution in [3.8, 4) is 0 Å². The molecule has 19 heavy (non-hydrogen) atoms. The summed E-state index contributed by atoms with van der Waals surface area (Å²) < 4.78 is 0. The van der Waals surface area contributed by atoms with Crippen LogP contribution in [0.25, 0.3) is 0 Å². The molecule has 0 aliphatic heterocycles. The molecule has 0 radical (unpaired) electrons. The highest BCUT2D eigenvalue weighted by Crippen LogP contribution is 2.46. The molecule has 0 unspecified atom stereocenters. The second-order valence-corrected chi connectivity index (χ2v) is 5.27. The zero-order valence-electron chi connectivity index (χ0n) is 10.8. The van der Waals surface area contributed by atoms with E-state index in [0.29, 0.717) is 12.2 Å². The van der Waals surface area contributed by atoms with Crippen LogP contribution in [0.3, 0.4) is 0 Å². The summed E-state index contributed by atoms with van der Waals surface area (Å²) in [5.74, 6) is -0.157. The molecule has 0 spiro atoms. The number of carbonyl (C=O) groups excluding carboxylic acids is 1. The molecular formula is C14H16N4O. The summed E-state index contributed by atoms with van der Waals surface area (Å²) in [4.78, 5) is 16.0. The first-order chi connectivity index (χ1) is 9.17. The van der Waals surface area contributed by atoms with Gasteiger partial charge in [-0.25, -0.2) is 0 Å². The fourth-order valence-corrected chi connectivity index (χ4v) is 1.98. The molecule has 98 valence electrons. The maximum Gasteiger partial charge on any atom is 0.272 e. The SMILES string of the molecule is CC1(c2cc(C(=O)NCc3cccnc3)n[nH]2)CC1. The summed E-state index contributed by atoms with van der Waals surface area (Å²) >= 11 is 0. The largest absolute Gasteiger partial charge is 0.347 e. The Labute approximate surface area is 111 Å². The summed E-state index contributed by atoms with van der Waals surface area (Å²) in [5, 5.41) is 9.89. The van der Waals surface area contributed by atoms with Gasteiger partial charge in [0, 0.05) is 30.0 Å². The van der Waals surface area contributed by atoms with Gasteiger partial charge >= 0.3 is 0 Å². The minimum absolute atomic E-state index is 0.157. The Morgan fingerprint density at radius 1 is 1.53 bits per heavy atom. The monoisotopic (exact) mass is 256 g/mol. The number of pyridine rings is 1. The van der Waals surface area contributed by atoms with Crippen LogP contribution in [-0.4, -0.2) is 21.1 Å². The molecule has 2 N–H and O–H groups in total. The van der Waals surface area contributed by atoms with Crippen molar-refractivity contribution in [1.29, 1.82) is 0 Å². The number of aromatic nitrogens is 3. The quantitative estimate of drug-likeness (QED) is 0.876. The van der Waals surface area contributed by atoms with Crippen LogP contribution >= 0.6 is 0 Å². The first kappa shape index (κ1) is 11.9. The summed E-state index contributed by atoms with van der Waals surface area (Å²) in [5.41, 5.74) is 2.68. The van der Waals surface area contributed by atoms with Crippen molar-refractivity contribution in [3.63, 3.8) is 0 Å². The van der Waals surface area contributed by atoms with E-state index in [2.05, 4.69) is 27.4 Å². The third-order valence-electron chi connectivity index (χ3n) is 3.64. The molecule has 0 atom stereocenters. The van der Waals surface area contributed by atoms with Gasteiger partial charge in [0.25, 0.3) is 5.91 Å². The molecule has 0 bridgehead atoms. The summed E-state index contributed by atoms with van der Waals surface area (Å²) in [7, 11) is 0. The fraction of sp³-hybridized carbons (Fsp3) is 0.357. The van der Waals surface area contributed by atoms with E-state index in [1.54, 1.807) is 12.4 Å². The van der Waals surface area contributed by atoms with Crippen molar-refractivity contribution in [2.24, 2.45) is 0 Å². The van der Waals surface area contributed by atoms with E-state index in [1.807, 2.05) is 18.2 Å². The normalized spacial score (nSPS) is 16.1. The standard InChI is InChI=1S/C14H16N4O/c1-14(4-5-14)12-7-11(17-18-12)13(19)16-9-10-3-2-6-15-8-10/h2-3,6-8H,4-5,9H2,1H3,(H,16,19)(H,17,18). The first-order valence-corrected chi connectivity index (χ1v) is 6.40. The summed E-state index contributed by atoms with van der Waals surface area (Å²) in [6.45, 7) is 2.64. The number of hydrogen-bond acceptors (Lipinski definition) is 3. The molecule has 1 aliphatic carbocycles. The lowest BCUT2D eigenvalue weighted by atomic mass is 10.1. The molecule has 0 saturated heterocycles. The summed E-state index contributed by atoms with van der Waals surface area (Å²) in [6.07, 6.45) is 5.76. The number of H-pyrrole nitrogens is 1. The van der Waals surface area contributed by atoms with E-state index in [9.17, 15) is 4.79 Å². The first-order valence-electron chi connectivity index (χ1n) is 6.40. The van der Waals surface area contributed by atoms with E-state index in [-0.39, 0.29) is 11.3 Å². The van der Waals surface area contributed by atoms with Gasteiger partial charge in [-0.3, -0.25) is 14.9 Å². The van der Waals surface area contributed by atoms with E-state index in [1.165, 1.54) is 0 Å². The molecular weight excluding hydrogens is 240 g/mol. The third-order valence-corrected chi connectivity index (χ3v) is 3.64. The second kappa shape index (κ2) is 4.50. The van der Waals surface area contributed by atoms with Gasteiger partial charge in [0.15, 0.2) is 0 Å². The predicted molar refractivity (Wildman–Crippen MR) is 70.6 cm³/mol. The highest BCUT2D eigenvalue weighted by molar-refractivity contribution is 5.92. The van der Waals surface area contributed by atoms with Gasteiger partial charge in [0.05, 0.1) is 0 Å². The topological polar surface area (TPSA) is 70.7 Å². The van der Waals surface area contributed by atoms with Crippen LogP contribution in [0.1, 0.15) is 41.5 Å². The highest BCUT2D eigenvalue weighted by Gasteiger charge is 2.40. The number of nitrogens with zero attached hydrogens (tertiary/aromatic N) is 2. The minimum Gasteiger partial charge on any atom is -0.347 e. The van der Waals surface area contributed by atoms with E-state index in [0.717, 1.165) is 24.1 Å². The number of carbonyl (C=O) groups is 1. The Hall–Kier alpha value is -2.17. The van der Waals surface area contributed by atoms with Gasteiger partial charge in [-0.05, 0) is 30.5 Å². The van der Waals surface area contributed by atoms with E-state index in [4.69, 9.17) is 0 Å². The lowest BCUT2D eigenvalue weighted by Gasteiger charge is -2.03. The molecule has 1 aliphatic rings. The molecule has 5 heteroatoms. The zero-order valence-corrected chi connectivity index (χ0v) is 10.8. The van der Waals surface area contributed by atoms with Crippen molar-refractivity contribution in [1.82, 2.24) is 20.5 Å². The van der Waals surface area contributed by atoms with Crippen molar-refractivity contribution >= 4 is 5.91 Å². The van der Waals surface area contributed by atoms with Crippen molar-refractivity contribution in [3.05, 3.63) is 47.5 Å². The zero-order chi connectivity index (χ0) is 13.3. The Bertz CT molecular complexity index is 587. The third kappa shape index (κ3) is 2.50. The Balaban J connectivity index is 1.63. The molecule has 1 amide bonds. The number of nitrogens with one attached hydrogen (secondary N) is 2. The average molecular weight is 256 g/mol. The van der Waals surface area contributed by atoms with Gasteiger partial charge in [0.2, 0.25) is 0 Å². The summed E-state index contributed by atoms with van der Waals surface area (Å²) in [6, 6.07) is 5.63. The van der Waals surface area contributed by atoms with Crippen LogP contribution < -0.4 is 5.32 Å². The lowest BCUT2D eigenvalue weighted by Crippen LogP contribution is -2.23. The van der Waals surface area contributed by atoms with Gasteiger partial charge < -0.3 is 5.32 Å². The van der Waals surface area contributed by atoms with E-state index >= 15 is 0 Å². The Kier molecular flexibility index (Phi) is 2.81. The lowest BCUT2D eigenvalue weighted by molar-refractivity contribution is 0.0946. The fourth-order valence-electron chi connectivity index (χ4n) is 1.98. The number of amides is 1. The average Bonchev–Trinajstić information content (AvgIpc) is 3.00. The Morgan fingerprint density at radius 3 is 3.05 bits per heavy atom. The maximum atomic E-state index is 12.0. The van der Waals surface area contributed by atoms with Crippen LogP contribution in [-0.2, 0) is 12.0 Å². The second-order valence-electron chi connectivity index (χ2n) is 5.27. The molecule has 3 rings (SSSR count). The molecule has 5 nitrogen and oxygen atoms in total. The van der Waals surface area contributed by atoms with Crippen LogP contribution in [0.4, 0.5) is 0 Å². The Morgan fingerprint density at radius 2 is 2.37 bits per heavy atom. The van der Waals surface area contributed by atoms with Gasteiger partial charge in [-0.15, -0.1) is 0 Å². The molecule has 2 heterocycles. The molecule has 2 aromatic rings. The number of hydrogen-bond donors (Lipinski definition) is 2. The van der Waals surface area contributed by atoms with Crippen LogP contribution in [0.15, 0.2) is 30.6 Å². The van der Waals surface area contributed by atoms with Crippen molar-refractivity contribution < 1.29 is 4.79 Å². The highest BCUT2D eigenvalue weighted by atomic mass is 16.1. The van der Waals surface area contributed by atoms with Crippen LogP contribution in [0, 0.1) is 0 Å². The van der Waals surface area contributed by atoms with Gasteiger partial charge in [-0.2, -0.15) is 5.10 Å².